The number of pyridine rings is 1. The second kappa shape index (κ2) is 10.1. The maximum atomic E-state index is 14.1. The lowest BCUT2D eigenvalue weighted by Gasteiger charge is -2.09. The van der Waals surface area contributed by atoms with Crippen LogP contribution in [0.1, 0.15) is 43.0 Å². The number of hydrogen-bond acceptors (Lipinski definition) is 4. The number of methoxy groups -OCH3 is 1. The molecule has 1 rings (SSSR count). The largest absolute Gasteiger partial charge is 0.385 e. The first kappa shape index (κ1) is 17.4. The Hall–Kier alpha value is -1.69. The molecular formula is C15H24FN3O2. The van der Waals surface area contributed by atoms with Crippen molar-refractivity contribution in [2.75, 3.05) is 32.1 Å². The van der Waals surface area contributed by atoms with Crippen LogP contribution >= 0.6 is 0 Å². The number of aromatic nitrogens is 1. The maximum absolute atomic E-state index is 14.1. The van der Waals surface area contributed by atoms with Crippen molar-refractivity contribution in [2.45, 2.75) is 32.6 Å². The first-order chi connectivity index (χ1) is 10.2. The Morgan fingerprint density at radius 3 is 2.86 bits per heavy atom. The van der Waals surface area contributed by atoms with E-state index in [0.29, 0.717) is 13.1 Å². The van der Waals surface area contributed by atoms with E-state index in [9.17, 15) is 9.18 Å². The first-order valence-electron chi connectivity index (χ1n) is 7.36. The van der Waals surface area contributed by atoms with Crippen molar-refractivity contribution in [1.29, 1.82) is 0 Å². The number of unbranched alkanes of at least 4 members (excludes halogenated alkanes) is 2. The van der Waals surface area contributed by atoms with Gasteiger partial charge in [0, 0.05) is 33.0 Å². The number of halogens is 1. The number of carbonyl (C=O) groups excluding carboxylic acids is 1. The Bertz CT molecular complexity index is 441. The van der Waals surface area contributed by atoms with E-state index in [-0.39, 0.29) is 11.4 Å². The van der Waals surface area contributed by atoms with Gasteiger partial charge >= 0.3 is 0 Å². The number of nitrogens with one attached hydrogen (secondary N) is 2. The van der Waals surface area contributed by atoms with E-state index in [1.165, 1.54) is 12.3 Å². The van der Waals surface area contributed by atoms with E-state index in [4.69, 9.17) is 4.74 Å². The van der Waals surface area contributed by atoms with Crippen LogP contribution in [-0.2, 0) is 4.74 Å². The molecule has 21 heavy (non-hydrogen) atoms. The average Bonchev–Trinajstić information content (AvgIpc) is 2.49. The Morgan fingerprint density at radius 2 is 2.14 bits per heavy atom. The van der Waals surface area contributed by atoms with Crippen molar-refractivity contribution < 1.29 is 13.9 Å². The fourth-order valence-corrected chi connectivity index (χ4v) is 1.83. The lowest BCUT2D eigenvalue weighted by Crippen LogP contribution is -2.26. The molecule has 0 unspecified atom stereocenters. The molecule has 0 saturated heterocycles. The lowest BCUT2D eigenvalue weighted by molar-refractivity contribution is 0.0948. The van der Waals surface area contributed by atoms with Gasteiger partial charge in [-0.05, 0) is 31.7 Å². The summed E-state index contributed by atoms with van der Waals surface area (Å²) in [4.78, 5) is 15.9. The fourth-order valence-electron chi connectivity index (χ4n) is 1.83. The summed E-state index contributed by atoms with van der Waals surface area (Å²) in [5.41, 5.74) is 0.0282. The minimum Gasteiger partial charge on any atom is -0.385 e. The van der Waals surface area contributed by atoms with Gasteiger partial charge < -0.3 is 15.4 Å². The van der Waals surface area contributed by atoms with E-state index in [1.54, 1.807) is 7.11 Å². The molecule has 1 aromatic rings. The minimum atomic E-state index is -0.595. The monoisotopic (exact) mass is 297 g/mol. The quantitative estimate of drug-likeness (QED) is 0.652. The van der Waals surface area contributed by atoms with Gasteiger partial charge in [-0.2, -0.15) is 0 Å². The Labute approximate surface area is 125 Å². The topological polar surface area (TPSA) is 63.2 Å². The molecule has 0 spiro atoms. The molecule has 0 bridgehead atoms. The molecule has 118 valence electrons. The van der Waals surface area contributed by atoms with Crippen LogP contribution in [0.5, 0.6) is 0 Å². The molecule has 0 aliphatic rings. The number of carbonyl (C=O) groups is 1. The van der Waals surface area contributed by atoms with Crippen molar-refractivity contribution >= 4 is 11.7 Å². The standard InChI is InChI=1S/C15H24FN3O2/c1-3-8-17-14-13(16)12(7-10-18-14)15(20)19-9-5-4-6-11-21-2/h7,10H,3-6,8-9,11H2,1-2H3,(H,17,18)(H,19,20). The van der Waals surface area contributed by atoms with Crippen LogP contribution in [0.15, 0.2) is 12.3 Å². The van der Waals surface area contributed by atoms with Gasteiger partial charge in [-0.3, -0.25) is 4.79 Å². The van der Waals surface area contributed by atoms with Gasteiger partial charge in [0.25, 0.3) is 5.91 Å². The molecule has 1 heterocycles. The molecule has 0 aromatic carbocycles. The van der Waals surface area contributed by atoms with E-state index in [1.807, 2.05) is 6.92 Å². The third-order valence-electron chi connectivity index (χ3n) is 2.99. The van der Waals surface area contributed by atoms with Crippen LogP contribution in [0.4, 0.5) is 10.2 Å². The van der Waals surface area contributed by atoms with Crippen LogP contribution in [0, 0.1) is 5.82 Å². The number of hydrogen-bond donors (Lipinski definition) is 2. The summed E-state index contributed by atoms with van der Waals surface area (Å²) in [6.07, 6.45) is 5.08. The lowest BCUT2D eigenvalue weighted by atomic mass is 10.2. The number of amides is 1. The molecule has 6 heteroatoms. The third kappa shape index (κ3) is 6.08. The number of anilines is 1. The molecular weight excluding hydrogens is 273 g/mol. The van der Waals surface area contributed by atoms with Crippen LogP contribution in [0.3, 0.4) is 0 Å². The van der Waals surface area contributed by atoms with E-state index in [0.717, 1.165) is 32.3 Å². The summed E-state index contributed by atoms with van der Waals surface area (Å²) in [5.74, 6) is -0.867. The van der Waals surface area contributed by atoms with E-state index >= 15 is 0 Å². The molecule has 0 aliphatic carbocycles. The highest BCUT2D eigenvalue weighted by molar-refractivity contribution is 5.95. The summed E-state index contributed by atoms with van der Waals surface area (Å²) in [6.45, 7) is 3.85. The van der Waals surface area contributed by atoms with Gasteiger partial charge in [0.15, 0.2) is 11.6 Å². The van der Waals surface area contributed by atoms with E-state index in [2.05, 4.69) is 15.6 Å². The number of rotatable bonds is 10. The first-order valence-corrected chi connectivity index (χ1v) is 7.36. The molecule has 0 fully saturated rings. The highest BCUT2D eigenvalue weighted by atomic mass is 19.1. The Morgan fingerprint density at radius 1 is 1.33 bits per heavy atom. The molecule has 1 aromatic heterocycles. The van der Waals surface area contributed by atoms with Gasteiger partial charge in [-0.15, -0.1) is 0 Å². The van der Waals surface area contributed by atoms with Crippen LogP contribution in [0.25, 0.3) is 0 Å². The van der Waals surface area contributed by atoms with E-state index < -0.39 is 11.7 Å². The fraction of sp³-hybridized carbons (Fsp3) is 0.600. The van der Waals surface area contributed by atoms with Gasteiger partial charge in [0.2, 0.25) is 0 Å². The number of ether oxygens (including phenoxy) is 1. The highest BCUT2D eigenvalue weighted by Crippen LogP contribution is 2.15. The minimum absolute atomic E-state index is 0.0282. The van der Waals surface area contributed by atoms with Crippen LogP contribution < -0.4 is 10.6 Å². The highest BCUT2D eigenvalue weighted by Gasteiger charge is 2.15. The zero-order valence-electron chi connectivity index (χ0n) is 12.7. The van der Waals surface area contributed by atoms with Crippen molar-refractivity contribution in [3.8, 4) is 0 Å². The maximum Gasteiger partial charge on any atom is 0.254 e. The van der Waals surface area contributed by atoms with Crippen molar-refractivity contribution in [3.63, 3.8) is 0 Å². The Balaban J connectivity index is 2.46. The predicted octanol–water partition coefficient (Wildman–Crippen LogP) is 2.59. The number of nitrogens with zero attached hydrogens (tertiary/aromatic N) is 1. The second-order valence-electron chi connectivity index (χ2n) is 4.76. The van der Waals surface area contributed by atoms with Gasteiger partial charge in [0.05, 0.1) is 5.56 Å². The Kier molecular flexibility index (Phi) is 8.35. The second-order valence-corrected chi connectivity index (χ2v) is 4.76. The van der Waals surface area contributed by atoms with Gasteiger partial charge in [-0.25, -0.2) is 9.37 Å². The van der Waals surface area contributed by atoms with Crippen molar-refractivity contribution in [3.05, 3.63) is 23.6 Å². The van der Waals surface area contributed by atoms with Crippen molar-refractivity contribution in [1.82, 2.24) is 10.3 Å². The molecule has 2 N–H and O–H groups in total. The van der Waals surface area contributed by atoms with Gasteiger partial charge in [0.1, 0.15) is 0 Å². The summed E-state index contributed by atoms with van der Waals surface area (Å²) in [7, 11) is 1.66. The normalized spacial score (nSPS) is 10.4. The molecule has 0 radical (unpaired) electrons. The molecule has 0 aliphatic heterocycles. The van der Waals surface area contributed by atoms with Gasteiger partial charge in [-0.1, -0.05) is 6.92 Å². The third-order valence-corrected chi connectivity index (χ3v) is 2.99. The van der Waals surface area contributed by atoms with Crippen LogP contribution in [-0.4, -0.2) is 37.7 Å². The molecule has 1 amide bonds. The average molecular weight is 297 g/mol. The summed E-state index contributed by atoms with van der Waals surface area (Å²) >= 11 is 0. The predicted molar refractivity (Wildman–Crippen MR) is 81.0 cm³/mol. The summed E-state index contributed by atoms with van der Waals surface area (Å²) in [6, 6.07) is 1.40. The SMILES string of the molecule is CCCNc1nccc(C(=O)NCCCCCOC)c1F. The zero-order chi connectivity index (χ0) is 15.5. The summed E-state index contributed by atoms with van der Waals surface area (Å²) in [5, 5.41) is 5.59. The van der Waals surface area contributed by atoms with Crippen LogP contribution in [0.2, 0.25) is 0 Å². The molecule has 0 atom stereocenters. The van der Waals surface area contributed by atoms with Crippen molar-refractivity contribution in [2.24, 2.45) is 0 Å². The smallest absolute Gasteiger partial charge is 0.254 e. The zero-order valence-corrected chi connectivity index (χ0v) is 12.7. The summed E-state index contributed by atoms with van der Waals surface area (Å²) < 4.78 is 19.1. The molecule has 0 saturated carbocycles. The molecule has 5 nitrogen and oxygen atoms in total.